The van der Waals surface area contributed by atoms with Crippen LogP contribution in [0.15, 0.2) is 29.3 Å². The van der Waals surface area contributed by atoms with Crippen LogP contribution in [0.4, 0.5) is 0 Å². The SMILES string of the molecule is COCC1(n2cnc3cccc(Cl)c3c2=O)CCCC1. The third kappa shape index (κ3) is 2.03. The molecule has 3 rings (SSSR count). The summed E-state index contributed by atoms with van der Waals surface area (Å²) in [6, 6.07) is 5.35. The molecule has 0 atom stereocenters. The van der Waals surface area contributed by atoms with E-state index in [1.807, 2.05) is 12.1 Å². The number of nitrogens with zero attached hydrogens (tertiary/aromatic N) is 2. The second-order valence-corrected chi connectivity index (χ2v) is 5.83. The molecule has 0 spiro atoms. The van der Waals surface area contributed by atoms with Crippen molar-refractivity contribution in [3.63, 3.8) is 0 Å². The maximum Gasteiger partial charge on any atom is 0.263 e. The summed E-state index contributed by atoms with van der Waals surface area (Å²) in [7, 11) is 1.67. The van der Waals surface area contributed by atoms with Gasteiger partial charge in [0.15, 0.2) is 0 Å². The topological polar surface area (TPSA) is 44.1 Å². The van der Waals surface area contributed by atoms with Crippen molar-refractivity contribution in [1.82, 2.24) is 9.55 Å². The second kappa shape index (κ2) is 5.19. The van der Waals surface area contributed by atoms with E-state index >= 15 is 0 Å². The van der Waals surface area contributed by atoms with E-state index < -0.39 is 0 Å². The lowest BCUT2D eigenvalue weighted by molar-refractivity contribution is 0.0868. The lowest BCUT2D eigenvalue weighted by atomic mass is 9.98. The molecule has 0 N–H and O–H groups in total. The summed E-state index contributed by atoms with van der Waals surface area (Å²) in [5.74, 6) is 0. The highest BCUT2D eigenvalue weighted by Crippen LogP contribution is 2.36. The molecule has 2 aromatic rings. The summed E-state index contributed by atoms with van der Waals surface area (Å²) in [5, 5.41) is 0.957. The minimum atomic E-state index is -0.272. The van der Waals surface area contributed by atoms with Crippen LogP contribution in [0.2, 0.25) is 5.02 Å². The van der Waals surface area contributed by atoms with E-state index in [9.17, 15) is 4.79 Å². The molecule has 1 fully saturated rings. The summed E-state index contributed by atoms with van der Waals surface area (Å²) >= 11 is 6.18. The van der Waals surface area contributed by atoms with Gasteiger partial charge in [-0.3, -0.25) is 9.36 Å². The normalized spacial score (nSPS) is 17.7. The second-order valence-electron chi connectivity index (χ2n) is 5.42. The number of ether oxygens (including phenoxy) is 1. The molecule has 5 heteroatoms. The van der Waals surface area contributed by atoms with Gasteiger partial charge in [-0.2, -0.15) is 0 Å². The van der Waals surface area contributed by atoms with Crippen LogP contribution in [0, 0.1) is 0 Å². The highest BCUT2D eigenvalue weighted by molar-refractivity contribution is 6.35. The summed E-state index contributed by atoms with van der Waals surface area (Å²) in [5.41, 5.74) is 0.301. The van der Waals surface area contributed by atoms with Crippen LogP contribution in [0.25, 0.3) is 10.9 Å². The maximum atomic E-state index is 12.8. The Labute approximate surface area is 122 Å². The van der Waals surface area contributed by atoms with Gasteiger partial charge in [-0.15, -0.1) is 0 Å². The molecular formula is C15H17ClN2O2. The Balaban J connectivity index is 2.24. The molecule has 0 radical (unpaired) electrons. The largest absolute Gasteiger partial charge is 0.382 e. The van der Waals surface area contributed by atoms with Crippen molar-refractivity contribution in [1.29, 1.82) is 0 Å². The summed E-state index contributed by atoms with van der Waals surface area (Å²) in [6.45, 7) is 0.532. The predicted molar refractivity (Wildman–Crippen MR) is 79.3 cm³/mol. The van der Waals surface area contributed by atoms with Gasteiger partial charge in [0, 0.05) is 7.11 Å². The third-order valence-electron chi connectivity index (χ3n) is 4.19. The van der Waals surface area contributed by atoms with Gasteiger partial charge in [0.25, 0.3) is 5.56 Å². The van der Waals surface area contributed by atoms with Crippen molar-refractivity contribution < 1.29 is 4.74 Å². The van der Waals surface area contributed by atoms with Crippen molar-refractivity contribution in [2.75, 3.05) is 13.7 Å². The number of aromatic nitrogens is 2. The molecule has 1 aliphatic carbocycles. The Bertz CT molecular complexity index is 690. The molecule has 4 nitrogen and oxygen atoms in total. The van der Waals surface area contributed by atoms with Crippen LogP contribution in [-0.4, -0.2) is 23.3 Å². The van der Waals surface area contributed by atoms with Crippen molar-refractivity contribution in [3.8, 4) is 0 Å². The van der Waals surface area contributed by atoms with Crippen molar-refractivity contribution in [2.45, 2.75) is 31.2 Å². The highest BCUT2D eigenvalue weighted by Gasteiger charge is 2.37. The number of fused-ring (bicyclic) bond motifs is 1. The Morgan fingerprint density at radius 1 is 1.40 bits per heavy atom. The first kappa shape index (κ1) is 13.6. The maximum absolute atomic E-state index is 12.8. The fraction of sp³-hybridized carbons (Fsp3) is 0.467. The molecule has 20 heavy (non-hydrogen) atoms. The predicted octanol–water partition coefficient (Wildman–Crippen LogP) is 2.97. The first-order valence-electron chi connectivity index (χ1n) is 6.83. The molecule has 0 bridgehead atoms. The fourth-order valence-corrected chi connectivity index (χ4v) is 3.47. The summed E-state index contributed by atoms with van der Waals surface area (Å²) < 4.78 is 7.09. The molecular weight excluding hydrogens is 276 g/mol. The van der Waals surface area contributed by atoms with Gasteiger partial charge in [0.2, 0.25) is 0 Å². The molecule has 1 aromatic carbocycles. The Hall–Kier alpha value is -1.39. The molecule has 106 valence electrons. The lowest BCUT2D eigenvalue weighted by Crippen LogP contribution is -2.42. The summed E-state index contributed by atoms with van der Waals surface area (Å²) in [6.07, 6.45) is 5.74. The lowest BCUT2D eigenvalue weighted by Gasteiger charge is -2.30. The first-order chi connectivity index (χ1) is 9.68. The van der Waals surface area contributed by atoms with Gasteiger partial charge in [0.05, 0.1) is 34.4 Å². The number of rotatable bonds is 3. The zero-order valence-electron chi connectivity index (χ0n) is 11.4. The Kier molecular flexibility index (Phi) is 3.52. The highest BCUT2D eigenvalue weighted by atomic mass is 35.5. The average Bonchev–Trinajstić information content (AvgIpc) is 2.89. The van der Waals surface area contributed by atoms with E-state index in [2.05, 4.69) is 4.98 Å². The van der Waals surface area contributed by atoms with E-state index in [0.29, 0.717) is 22.5 Å². The van der Waals surface area contributed by atoms with E-state index in [-0.39, 0.29) is 11.1 Å². The summed E-state index contributed by atoms with van der Waals surface area (Å²) in [4.78, 5) is 17.2. The minimum absolute atomic E-state index is 0.0699. The number of halogens is 1. The molecule has 1 saturated carbocycles. The number of benzene rings is 1. The van der Waals surface area contributed by atoms with Gasteiger partial charge < -0.3 is 4.74 Å². The monoisotopic (exact) mass is 292 g/mol. The molecule has 1 aliphatic rings. The van der Waals surface area contributed by atoms with E-state index in [0.717, 1.165) is 25.7 Å². The van der Waals surface area contributed by atoms with Gasteiger partial charge in [-0.1, -0.05) is 30.5 Å². The average molecular weight is 293 g/mol. The number of hydrogen-bond donors (Lipinski definition) is 0. The van der Waals surface area contributed by atoms with E-state index in [4.69, 9.17) is 16.3 Å². The first-order valence-corrected chi connectivity index (χ1v) is 7.21. The van der Waals surface area contributed by atoms with Gasteiger partial charge in [-0.05, 0) is 25.0 Å². The van der Waals surface area contributed by atoms with Gasteiger partial charge >= 0.3 is 0 Å². The van der Waals surface area contributed by atoms with Crippen molar-refractivity contribution in [3.05, 3.63) is 39.9 Å². The molecule has 1 heterocycles. The van der Waals surface area contributed by atoms with E-state index in [1.54, 1.807) is 24.1 Å². The standard InChI is InChI=1S/C15H17ClN2O2/c1-20-9-15(7-2-3-8-15)18-10-17-12-6-4-5-11(16)13(12)14(18)19/h4-6,10H,2-3,7-9H2,1H3. The minimum Gasteiger partial charge on any atom is -0.382 e. The smallest absolute Gasteiger partial charge is 0.263 e. The zero-order chi connectivity index (χ0) is 14.2. The van der Waals surface area contributed by atoms with Crippen LogP contribution >= 0.6 is 11.6 Å². The fourth-order valence-electron chi connectivity index (χ4n) is 3.22. The van der Waals surface area contributed by atoms with Crippen LogP contribution < -0.4 is 5.56 Å². The molecule has 0 amide bonds. The van der Waals surface area contributed by atoms with E-state index in [1.165, 1.54) is 0 Å². The number of methoxy groups -OCH3 is 1. The van der Waals surface area contributed by atoms with Gasteiger partial charge in [-0.25, -0.2) is 4.98 Å². The quantitative estimate of drug-likeness (QED) is 0.873. The van der Waals surface area contributed by atoms with Gasteiger partial charge in [0.1, 0.15) is 0 Å². The third-order valence-corrected chi connectivity index (χ3v) is 4.51. The molecule has 0 unspecified atom stereocenters. The Morgan fingerprint density at radius 2 is 2.15 bits per heavy atom. The number of hydrogen-bond acceptors (Lipinski definition) is 3. The zero-order valence-corrected chi connectivity index (χ0v) is 12.2. The van der Waals surface area contributed by atoms with Crippen LogP contribution in [-0.2, 0) is 10.3 Å². The van der Waals surface area contributed by atoms with Crippen LogP contribution in [0.5, 0.6) is 0 Å². The van der Waals surface area contributed by atoms with Crippen LogP contribution in [0.3, 0.4) is 0 Å². The Morgan fingerprint density at radius 3 is 2.85 bits per heavy atom. The molecule has 0 aliphatic heterocycles. The van der Waals surface area contributed by atoms with Crippen molar-refractivity contribution >= 4 is 22.5 Å². The van der Waals surface area contributed by atoms with Crippen LogP contribution in [0.1, 0.15) is 25.7 Å². The molecule has 1 aromatic heterocycles. The van der Waals surface area contributed by atoms with Crippen molar-refractivity contribution in [2.24, 2.45) is 0 Å². The molecule has 0 saturated heterocycles.